The topological polar surface area (TPSA) is 75.3 Å². The van der Waals surface area contributed by atoms with Crippen molar-refractivity contribution in [2.45, 2.75) is 26.2 Å². The van der Waals surface area contributed by atoms with Crippen molar-refractivity contribution in [3.05, 3.63) is 35.5 Å². The SMILES string of the molecule is Cc1cc(CC2CCCN(C)C2)nnc1-c1ccc(N)cc1O. The molecule has 1 aliphatic rings. The summed E-state index contributed by atoms with van der Waals surface area (Å²) >= 11 is 0. The highest BCUT2D eigenvalue weighted by Crippen LogP contribution is 2.31. The fourth-order valence-corrected chi connectivity index (χ4v) is 3.39. The van der Waals surface area contributed by atoms with Gasteiger partial charge in [0.05, 0.1) is 11.4 Å². The van der Waals surface area contributed by atoms with Gasteiger partial charge in [-0.1, -0.05) is 0 Å². The summed E-state index contributed by atoms with van der Waals surface area (Å²) in [6, 6.07) is 7.19. The van der Waals surface area contributed by atoms with E-state index >= 15 is 0 Å². The largest absolute Gasteiger partial charge is 0.507 e. The maximum Gasteiger partial charge on any atom is 0.127 e. The summed E-state index contributed by atoms with van der Waals surface area (Å²) < 4.78 is 0. The van der Waals surface area contributed by atoms with Gasteiger partial charge in [0.25, 0.3) is 0 Å². The van der Waals surface area contributed by atoms with Crippen molar-refractivity contribution in [2.75, 3.05) is 25.9 Å². The summed E-state index contributed by atoms with van der Waals surface area (Å²) in [5, 5.41) is 18.8. The molecule has 1 aromatic heterocycles. The van der Waals surface area contributed by atoms with Gasteiger partial charge in [-0.3, -0.25) is 0 Å². The molecule has 23 heavy (non-hydrogen) atoms. The van der Waals surface area contributed by atoms with Gasteiger partial charge in [-0.2, -0.15) is 5.10 Å². The van der Waals surface area contributed by atoms with Crippen LogP contribution in [0.5, 0.6) is 5.75 Å². The second kappa shape index (κ2) is 6.54. The summed E-state index contributed by atoms with van der Waals surface area (Å²) in [6.45, 7) is 4.33. The van der Waals surface area contributed by atoms with Crippen LogP contribution in [0.25, 0.3) is 11.3 Å². The monoisotopic (exact) mass is 312 g/mol. The van der Waals surface area contributed by atoms with Crippen LogP contribution >= 0.6 is 0 Å². The lowest BCUT2D eigenvalue weighted by atomic mass is 9.93. The molecule has 1 aromatic carbocycles. The predicted molar refractivity (Wildman–Crippen MR) is 92.2 cm³/mol. The van der Waals surface area contributed by atoms with Crippen molar-refractivity contribution in [3.8, 4) is 17.0 Å². The number of anilines is 1. The Morgan fingerprint density at radius 1 is 1.30 bits per heavy atom. The van der Waals surface area contributed by atoms with Crippen LogP contribution in [0.4, 0.5) is 5.69 Å². The maximum atomic E-state index is 10.1. The molecule has 0 radical (unpaired) electrons. The summed E-state index contributed by atoms with van der Waals surface area (Å²) in [5.74, 6) is 0.794. The standard InChI is InChI=1S/C18H24N4O/c1-12-8-15(9-13-4-3-7-22(2)11-13)20-21-18(12)16-6-5-14(19)10-17(16)23/h5-6,8,10,13,23H,3-4,7,9,11,19H2,1-2H3. The Hall–Kier alpha value is -2.14. The fourth-order valence-electron chi connectivity index (χ4n) is 3.39. The first kappa shape index (κ1) is 15.7. The van der Waals surface area contributed by atoms with E-state index in [1.807, 2.05) is 6.92 Å². The number of hydrogen-bond donors (Lipinski definition) is 2. The fraction of sp³-hybridized carbons (Fsp3) is 0.444. The third-order valence-electron chi connectivity index (χ3n) is 4.53. The Morgan fingerprint density at radius 2 is 2.13 bits per heavy atom. The zero-order chi connectivity index (χ0) is 16.4. The molecule has 3 N–H and O–H groups in total. The lowest BCUT2D eigenvalue weighted by Gasteiger charge is -2.29. The van der Waals surface area contributed by atoms with Gasteiger partial charge < -0.3 is 15.7 Å². The molecule has 2 aromatic rings. The minimum Gasteiger partial charge on any atom is -0.507 e. The molecular weight excluding hydrogens is 288 g/mol. The van der Waals surface area contributed by atoms with Crippen LogP contribution in [-0.4, -0.2) is 40.3 Å². The third-order valence-corrected chi connectivity index (χ3v) is 4.53. The zero-order valence-electron chi connectivity index (χ0n) is 13.8. The smallest absolute Gasteiger partial charge is 0.127 e. The van der Waals surface area contributed by atoms with Gasteiger partial charge >= 0.3 is 0 Å². The van der Waals surface area contributed by atoms with Crippen LogP contribution in [0.2, 0.25) is 0 Å². The zero-order valence-corrected chi connectivity index (χ0v) is 13.8. The molecule has 5 heteroatoms. The van der Waals surface area contributed by atoms with E-state index in [0.29, 0.717) is 22.9 Å². The molecule has 2 heterocycles. The van der Waals surface area contributed by atoms with Gasteiger partial charge in [-0.15, -0.1) is 5.10 Å². The quantitative estimate of drug-likeness (QED) is 0.852. The Labute approximate surface area is 137 Å². The highest BCUT2D eigenvalue weighted by Gasteiger charge is 2.19. The Bertz CT molecular complexity index is 701. The molecule has 1 fully saturated rings. The highest BCUT2D eigenvalue weighted by atomic mass is 16.3. The number of aromatic nitrogens is 2. The molecule has 1 unspecified atom stereocenters. The molecule has 1 aliphatic heterocycles. The average Bonchev–Trinajstić information content (AvgIpc) is 2.48. The second-order valence-electron chi connectivity index (χ2n) is 6.62. The molecule has 0 bridgehead atoms. The summed E-state index contributed by atoms with van der Waals surface area (Å²) in [4.78, 5) is 2.38. The van der Waals surface area contributed by atoms with E-state index in [2.05, 4.69) is 28.2 Å². The lowest BCUT2D eigenvalue weighted by molar-refractivity contribution is 0.208. The van der Waals surface area contributed by atoms with E-state index in [1.54, 1.807) is 18.2 Å². The normalized spacial score (nSPS) is 19.0. The number of nitrogens with two attached hydrogens (primary N) is 1. The number of rotatable bonds is 3. The van der Waals surface area contributed by atoms with E-state index in [4.69, 9.17) is 5.73 Å². The first-order chi connectivity index (χ1) is 11.0. The summed E-state index contributed by atoms with van der Waals surface area (Å²) in [5.41, 5.74) is 9.67. The number of phenols is 1. The molecule has 0 spiro atoms. The van der Waals surface area contributed by atoms with E-state index in [1.165, 1.54) is 19.4 Å². The predicted octanol–water partition coefficient (Wildman–Crippen LogP) is 2.62. The lowest BCUT2D eigenvalue weighted by Crippen LogP contribution is -2.33. The minimum absolute atomic E-state index is 0.143. The average molecular weight is 312 g/mol. The van der Waals surface area contributed by atoms with E-state index in [9.17, 15) is 5.11 Å². The first-order valence-electron chi connectivity index (χ1n) is 8.13. The number of likely N-dealkylation sites (tertiary alicyclic amines) is 1. The third kappa shape index (κ3) is 3.62. The molecule has 5 nitrogen and oxygen atoms in total. The number of benzene rings is 1. The van der Waals surface area contributed by atoms with Crippen molar-refractivity contribution in [1.82, 2.24) is 15.1 Å². The maximum absolute atomic E-state index is 10.1. The van der Waals surface area contributed by atoms with Crippen molar-refractivity contribution in [3.63, 3.8) is 0 Å². The number of aromatic hydroxyl groups is 1. The Balaban J connectivity index is 1.80. The van der Waals surface area contributed by atoms with Crippen LogP contribution in [0.3, 0.4) is 0 Å². The highest BCUT2D eigenvalue weighted by molar-refractivity contribution is 5.71. The van der Waals surface area contributed by atoms with E-state index < -0.39 is 0 Å². The summed E-state index contributed by atoms with van der Waals surface area (Å²) in [7, 11) is 2.18. The van der Waals surface area contributed by atoms with Crippen molar-refractivity contribution in [1.29, 1.82) is 0 Å². The molecule has 0 amide bonds. The van der Waals surface area contributed by atoms with Crippen LogP contribution in [-0.2, 0) is 6.42 Å². The molecular formula is C18H24N4O. The van der Waals surface area contributed by atoms with Crippen molar-refractivity contribution < 1.29 is 5.11 Å². The number of phenolic OH excluding ortho intramolecular Hbond substituents is 1. The number of hydrogen-bond acceptors (Lipinski definition) is 5. The number of piperidine rings is 1. The van der Waals surface area contributed by atoms with Gasteiger partial charge in [0, 0.05) is 23.9 Å². The van der Waals surface area contributed by atoms with Gasteiger partial charge in [0.2, 0.25) is 0 Å². The van der Waals surface area contributed by atoms with Crippen molar-refractivity contribution >= 4 is 5.69 Å². The van der Waals surface area contributed by atoms with Crippen LogP contribution in [0, 0.1) is 12.8 Å². The number of nitrogens with zero attached hydrogens (tertiary/aromatic N) is 3. The van der Waals surface area contributed by atoms with E-state index in [-0.39, 0.29) is 5.75 Å². The molecule has 0 saturated carbocycles. The number of aryl methyl sites for hydroxylation is 1. The number of nitrogen functional groups attached to an aromatic ring is 1. The van der Waals surface area contributed by atoms with E-state index in [0.717, 1.165) is 24.2 Å². The Morgan fingerprint density at radius 3 is 2.83 bits per heavy atom. The first-order valence-corrected chi connectivity index (χ1v) is 8.13. The summed E-state index contributed by atoms with van der Waals surface area (Å²) in [6.07, 6.45) is 3.47. The van der Waals surface area contributed by atoms with Crippen LogP contribution in [0.1, 0.15) is 24.1 Å². The van der Waals surface area contributed by atoms with Gasteiger partial charge in [0.1, 0.15) is 5.75 Å². The van der Waals surface area contributed by atoms with Crippen LogP contribution < -0.4 is 5.73 Å². The molecule has 1 saturated heterocycles. The molecule has 0 aliphatic carbocycles. The molecule has 3 rings (SSSR count). The van der Waals surface area contributed by atoms with Gasteiger partial charge in [0.15, 0.2) is 0 Å². The minimum atomic E-state index is 0.143. The second-order valence-corrected chi connectivity index (χ2v) is 6.62. The van der Waals surface area contributed by atoms with Gasteiger partial charge in [-0.25, -0.2) is 0 Å². The molecule has 122 valence electrons. The Kier molecular flexibility index (Phi) is 4.48. The van der Waals surface area contributed by atoms with Crippen LogP contribution in [0.15, 0.2) is 24.3 Å². The van der Waals surface area contributed by atoms with Crippen molar-refractivity contribution in [2.24, 2.45) is 5.92 Å². The molecule has 1 atom stereocenters. The van der Waals surface area contributed by atoms with Gasteiger partial charge in [-0.05, 0) is 69.5 Å².